The van der Waals surface area contributed by atoms with Crippen LogP contribution in [0.2, 0.25) is 0 Å². The number of carbonyl (C=O) groups is 1. The van der Waals surface area contributed by atoms with Gasteiger partial charge in [-0.1, -0.05) is 17.7 Å². The highest BCUT2D eigenvalue weighted by Crippen LogP contribution is 2.36. The SMILES string of the molecule is Cc1cc(C)c2c(c1)[C@H](NC(=O)c1nnc(C(C)(C)C(F)F)o1)CCO2. The van der Waals surface area contributed by atoms with Crippen LogP contribution < -0.4 is 10.1 Å². The van der Waals surface area contributed by atoms with Gasteiger partial charge in [-0.3, -0.25) is 4.79 Å². The first-order valence-electron chi connectivity index (χ1n) is 8.37. The second-order valence-corrected chi connectivity index (χ2v) is 7.10. The molecule has 3 rings (SSSR count). The number of aromatic nitrogens is 2. The fourth-order valence-electron chi connectivity index (χ4n) is 2.92. The Morgan fingerprint density at radius 2 is 2.04 bits per heavy atom. The highest BCUT2D eigenvalue weighted by atomic mass is 19.3. The smallest absolute Gasteiger partial charge is 0.309 e. The summed E-state index contributed by atoms with van der Waals surface area (Å²) in [5.74, 6) is -0.425. The summed E-state index contributed by atoms with van der Waals surface area (Å²) in [6.45, 7) is 6.96. The molecular formula is C18H21F2N3O3. The maximum atomic E-state index is 13.1. The summed E-state index contributed by atoms with van der Waals surface area (Å²) in [5.41, 5.74) is 1.32. The predicted octanol–water partition coefficient (Wildman–Crippen LogP) is 3.48. The highest BCUT2D eigenvalue weighted by Gasteiger charge is 2.38. The first-order valence-corrected chi connectivity index (χ1v) is 8.37. The summed E-state index contributed by atoms with van der Waals surface area (Å²) in [4.78, 5) is 12.5. The maximum absolute atomic E-state index is 13.1. The molecule has 1 aromatic carbocycles. The van der Waals surface area contributed by atoms with Crippen LogP contribution in [0, 0.1) is 13.8 Å². The molecule has 2 heterocycles. The zero-order chi connectivity index (χ0) is 19.1. The van der Waals surface area contributed by atoms with Crippen molar-refractivity contribution in [3.63, 3.8) is 0 Å². The van der Waals surface area contributed by atoms with Crippen LogP contribution >= 0.6 is 0 Å². The van der Waals surface area contributed by atoms with Crippen molar-refractivity contribution < 1.29 is 22.7 Å². The van der Waals surface area contributed by atoms with Gasteiger partial charge in [0, 0.05) is 12.0 Å². The lowest BCUT2D eigenvalue weighted by Crippen LogP contribution is -2.32. The highest BCUT2D eigenvalue weighted by molar-refractivity contribution is 5.89. The number of aryl methyl sites for hydroxylation is 2. The van der Waals surface area contributed by atoms with Crippen LogP contribution in [0.15, 0.2) is 16.5 Å². The number of carbonyl (C=O) groups excluding carboxylic acids is 1. The van der Waals surface area contributed by atoms with Crippen molar-refractivity contribution in [2.75, 3.05) is 6.61 Å². The van der Waals surface area contributed by atoms with Crippen LogP contribution in [-0.2, 0) is 5.41 Å². The van der Waals surface area contributed by atoms with Gasteiger partial charge in [-0.2, -0.15) is 0 Å². The zero-order valence-electron chi connectivity index (χ0n) is 15.1. The van der Waals surface area contributed by atoms with Gasteiger partial charge >= 0.3 is 11.8 Å². The normalized spacial score (nSPS) is 17.0. The number of hydrogen-bond donors (Lipinski definition) is 1. The Morgan fingerprint density at radius 3 is 2.73 bits per heavy atom. The molecule has 0 radical (unpaired) electrons. The number of nitrogens with zero attached hydrogens (tertiary/aromatic N) is 2. The van der Waals surface area contributed by atoms with Crippen molar-refractivity contribution in [1.82, 2.24) is 15.5 Å². The quantitative estimate of drug-likeness (QED) is 0.898. The van der Waals surface area contributed by atoms with Crippen LogP contribution in [0.5, 0.6) is 5.75 Å². The zero-order valence-corrected chi connectivity index (χ0v) is 15.1. The van der Waals surface area contributed by atoms with Crippen LogP contribution in [0.1, 0.15) is 59.6 Å². The topological polar surface area (TPSA) is 77.3 Å². The lowest BCUT2D eigenvalue weighted by Gasteiger charge is -2.28. The first kappa shape index (κ1) is 18.3. The molecule has 8 heteroatoms. The molecule has 1 aromatic heterocycles. The van der Waals surface area contributed by atoms with Gasteiger partial charge in [-0.15, -0.1) is 10.2 Å². The summed E-state index contributed by atoms with van der Waals surface area (Å²) in [7, 11) is 0. The van der Waals surface area contributed by atoms with Gasteiger partial charge in [0.05, 0.1) is 12.6 Å². The number of hydrogen-bond acceptors (Lipinski definition) is 5. The van der Waals surface area contributed by atoms with E-state index in [0.717, 1.165) is 22.4 Å². The van der Waals surface area contributed by atoms with Gasteiger partial charge in [-0.05, 0) is 33.3 Å². The molecule has 6 nitrogen and oxygen atoms in total. The largest absolute Gasteiger partial charge is 0.493 e. The van der Waals surface area contributed by atoms with Crippen LogP contribution in [-0.4, -0.2) is 29.1 Å². The third kappa shape index (κ3) is 3.27. The van der Waals surface area contributed by atoms with E-state index in [-0.39, 0.29) is 17.8 Å². The first-order chi connectivity index (χ1) is 12.2. The van der Waals surface area contributed by atoms with E-state index >= 15 is 0 Å². The number of benzene rings is 1. The number of halogens is 2. The molecule has 0 spiro atoms. The minimum atomic E-state index is -2.69. The maximum Gasteiger partial charge on any atom is 0.309 e. The second kappa shape index (κ2) is 6.66. The van der Waals surface area contributed by atoms with E-state index in [1.54, 1.807) is 0 Å². The lowest BCUT2D eigenvalue weighted by molar-refractivity contribution is 0.0527. The van der Waals surface area contributed by atoms with Crippen molar-refractivity contribution in [2.24, 2.45) is 0 Å². The van der Waals surface area contributed by atoms with E-state index < -0.39 is 17.7 Å². The van der Waals surface area contributed by atoms with Crippen LogP contribution in [0.25, 0.3) is 0 Å². The predicted molar refractivity (Wildman–Crippen MR) is 89.6 cm³/mol. The number of ether oxygens (including phenoxy) is 1. The Morgan fingerprint density at radius 1 is 1.31 bits per heavy atom. The third-order valence-electron chi connectivity index (χ3n) is 4.50. The van der Waals surface area contributed by atoms with E-state index in [9.17, 15) is 13.6 Å². The minimum absolute atomic E-state index is 0.267. The molecule has 1 N–H and O–H groups in total. The lowest BCUT2D eigenvalue weighted by atomic mass is 9.94. The fourth-order valence-corrected chi connectivity index (χ4v) is 2.92. The minimum Gasteiger partial charge on any atom is -0.493 e. The monoisotopic (exact) mass is 365 g/mol. The second-order valence-electron chi connectivity index (χ2n) is 7.10. The van der Waals surface area contributed by atoms with Gasteiger partial charge in [0.1, 0.15) is 11.2 Å². The van der Waals surface area contributed by atoms with E-state index in [1.807, 2.05) is 26.0 Å². The molecule has 1 aliphatic rings. The van der Waals surface area contributed by atoms with Crippen molar-refractivity contribution in [1.29, 1.82) is 0 Å². The summed E-state index contributed by atoms with van der Waals surface area (Å²) >= 11 is 0. The molecule has 1 amide bonds. The van der Waals surface area contributed by atoms with Gasteiger partial charge in [0.25, 0.3) is 6.43 Å². The average Bonchev–Trinajstić information content (AvgIpc) is 3.06. The Bertz CT molecular complexity index is 833. The van der Waals surface area contributed by atoms with E-state index in [2.05, 4.69) is 15.5 Å². The molecule has 0 saturated heterocycles. The fraction of sp³-hybridized carbons (Fsp3) is 0.500. The van der Waals surface area contributed by atoms with Crippen molar-refractivity contribution in [3.8, 4) is 5.75 Å². The summed E-state index contributed by atoms with van der Waals surface area (Å²) in [6, 6.07) is 3.70. The summed E-state index contributed by atoms with van der Waals surface area (Å²) < 4.78 is 37.1. The molecule has 0 saturated carbocycles. The Balaban J connectivity index is 1.81. The molecule has 0 bridgehead atoms. The number of nitrogens with one attached hydrogen (secondary N) is 1. The third-order valence-corrected chi connectivity index (χ3v) is 4.50. The summed E-state index contributed by atoms with van der Waals surface area (Å²) in [5, 5.41) is 10.1. The van der Waals surface area contributed by atoms with Crippen molar-refractivity contribution in [3.05, 3.63) is 40.6 Å². The molecule has 2 aromatic rings. The summed E-state index contributed by atoms with van der Waals surface area (Å²) in [6.07, 6.45) is -2.10. The molecule has 26 heavy (non-hydrogen) atoms. The van der Waals surface area contributed by atoms with Gasteiger partial charge in [0.15, 0.2) is 0 Å². The van der Waals surface area contributed by atoms with Crippen molar-refractivity contribution >= 4 is 5.91 Å². The molecular weight excluding hydrogens is 344 g/mol. The number of rotatable bonds is 4. The standard InChI is InChI=1S/C18H21F2N3O3/c1-9-7-10(2)13-11(8-9)12(5-6-25-13)21-14(24)15-22-23-17(26-15)18(3,4)16(19)20/h7-8,12,16H,5-6H2,1-4H3,(H,21,24)/t12-/m1/s1. The van der Waals surface area contributed by atoms with Crippen LogP contribution in [0.3, 0.4) is 0 Å². The Labute approximate surface area is 149 Å². The van der Waals surface area contributed by atoms with Gasteiger partial charge < -0.3 is 14.5 Å². The molecule has 1 aliphatic heterocycles. The average molecular weight is 365 g/mol. The van der Waals surface area contributed by atoms with E-state index in [1.165, 1.54) is 13.8 Å². The molecule has 0 unspecified atom stereocenters. The van der Waals surface area contributed by atoms with E-state index in [0.29, 0.717) is 13.0 Å². The Hall–Kier alpha value is -2.51. The van der Waals surface area contributed by atoms with Gasteiger partial charge in [0.2, 0.25) is 5.89 Å². The van der Waals surface area contributed by atoms with Gasteiger partial charge in [-0.25, -0.2) is 8.78 Å². The van der Waals surface area contributed by atoms with E-state index in [4.69, 9.17) is 9.15 Å². The van der Waals surface area contributed by atoms with Crippen molar-refractivity contribution in [2.45, 2.75) is 52.0 Å². The number of fused-ring (bicyclic) bond motifs is 1. The number of alkyl halides is 2. The van der Waals surface area contributed by atoms with Crippen LogP contribution in [0.4, 0.5) is 8.78 Å². The molecule has 140 valence electrons. The Kier molecular flexibility index (Phi) is 4.68. The molecule has 1 atom stereocenters. The molecule has 0 fully saturated rings. The molecule has 0 aliphatic carbocycles. The number of amides is 1.